The fourth-order valence-corrected chi connectivity index (χ4v) is 1.97. The van der Waals surface area contributed by atoms with Gasteiger partial charge in [-0.2, -0.15) is 5.10 Å². The Morgan fingerprint density at radius 3 is 3.00 bits per heavy atom. The summed E-state index contributed by atoms with van der Waals surface area (Å²) in [5.41, 5.74) is 7.83. The highest BCUT2D eigenvalue weighted by molar-refractivity contribution is 6.31. The minimum atomic E-state index is 0.626. The van der Waals surface area contributed by atoms with Crippen molar-refractivity contribution in [1.82, 2.24) is 9.78 Å². The Hall–Kier alpha value is -1.06. The summed E-state index contributed by atoms with van der Waals surface area (Å²) >= 11 is 5.99. The summed E-state index contributed by atoms with van der Waals surface area (Å²) in [6.45, 7) is 0.626. The summed E-state index contributed by atoms with van der Waals surface area (Å²) in [7, 11) is 1.93. The molecule has 0 radical (unpaired) electrons. The van der Waals surface area contributed by atoms with Gasteiger partial charge < -0.3 is 5.73 Å². The maximum Gasteiger partial charge on any atom is 0.0712 e. The Kier molecular flexibility index (Phi) is 2.44. The van der Waals surface area contributed by atoms with E-state index in [9.17, 15) is 0 Å². The zero-order chi connectivity index (χ0) is 10.1. The van der Waals surface area contributed by atoms with E-state index in [0.29, 0.717) is 6.54 Å². The standard InChI is InChI=1S/C10H12ClN3/c1-14-10-7(2-3-12)4-9(11)5-8(10)6-13-14/h4-6H,2-3,12H2,1H3. The van der Waals surface area contributed by atoms with Crippen LogP contribution in [0, 0.1) is 0 Å². The summed E-state index contributed by atoms with van der Waals surface area (Å²) in [6.07, 6.45) is 2.65. The molecule has 4 heteroatoms. The van der Waals surface area contributed by atoms with Crippen molar-refractivity contribution in [1.29, 1.82) is 0 Å². The first kappa shape index (κ1) is 9.49. The van der Waals surface area contributed by atoms with Crippen LogP contribution in [0.3, 0.4) is 0 Å². The van der Waals surface area contributed by atoms with Gasteiger partial charge in [-0.25, -0.2) is 0 Å². The van der Waals surface area contributed by atoms with E-state index >= 15 is 0 Å². The molecule has 0 bridgehead atoms. The third-order valence-electron chi connectivity index (χ3n) is 2.29. The molecule has 0 saturated heterocycles. The molecule has 1 aromatic heterocycles. The predicted molar refractivity (Wildman–Crippen MR) is 58.5 cm³/mol. The summed E-state index contributed by atoms with van der Waals surface area (Å²) < 4.78 is 1.86. The molecule has 3 nitrogen and oxygen atoms in total. The number of aromatic nitrogens is 2. The molecule has 1 heterocycles. The molecular weight excluding hydrogens is 198 g/mol. The lowest BCUT2D eigenvalue weighted by Crippen LogP contribution is -2.04. The lowest BCUT2D eigenvalue weighted by atomic mass is 10.1. The van der Waals surface area contributed by atoms with E-state index in [1.54, 1.807) is 0 Å². The predicted octanol–water partition coefficient (Wildman–Crippen LogP) is 1.73. The van der Waals surface area contributed by atoms with Crippen molar-refractivity contribution in [2.45, 2.75) is 6.42 Å². The third kappa shape index (κ3) is 1.49. The van der Waals surface area contributed by atoms with E-state index in [1.165, 1.54) is 0 Å². The second kappa shape index (κ2) is 3.59. The summed E-state index contributed by atoms with van der Waals surface area (Å²) in [6, 6.07) is 3.88. The number of rotatable bonds is 2. The average molecular weight is 210 g/mol. The van der Waals surface area contributed by atoms with E-state index in [4.69, 9.17) is 17.3 Å². The first-order chi connectivity index (χ1) is 6.72. The second-order valence-electron chi connectivity index (χ2n) is 3.31. The minimum Gasteiger partial charge on any atom is -0.330 e. The quantitative estimate of drug-likeness (QED) is 0.819. The molecule has 0 spiro atoms. The fourth-order valence-electron chi connectivity index (χ4n) is 1.72. The number of hydrogen-bond donors (Lipinski definition) is 1. The molecule has 0 aliphatic heterocycles. The molecule has 0 atom stereocenters. The van der Waals surface area contributed by atoms with Crippen LogP contribution in [0.2, 0.25) is 5.02 Å². The van der Waals surface area contributed by atoms with E-state index in [1.807, 2.05) is 30.1 Å². The van der Waals surface area contributed by atoms with Crippen LogP contribution in [-0.4, -0.2) is 16.3 Å². The molecule has 2 aromatic rings. The molecule has 0 unspecified atom stereocenters. The third-order valence-corrected chi connectivity index (χ3v) is 2.51. The van der Waals surface area contributed by atoms with Gasteiger partial charge in [0, 0.05) is 17.5 Å². The van der Waals surface area contributed by atoms with Gasteiger partial charge in [-0.1, -0.05) is 11.6 Å². The van der Waals surface area contributed by atoms with Gasteiger partial charge in [0.2, 0.25) is 0 Å². The van der Waals surface area contributed by atoms with Gasteiger partial charge in [0.15, 0.2) is 0 Å². The second-order valence-corrected chi connectivity index (χ2v) is 3.75. The van der Waals surface area contributed by atoms with E-state index in [2.05, 4.69) is 5.10 Å². The smallest absolute Gasteiger partial charge is 0.0712 e. The van der Waals surface area contributed by atoms with Crippen LogP contribution in [0.4, 0.5) is 0 Å². The van der Waals surface area contributed by atoms with Crippen molar-refractivity contribution in [3.05, 3.63) is 28.9 Å². The molecule has 2 rings (SSSR count). The molecule has 0 saturated carbocycles. The largest absolute Gasteiger partial charge is 0.330 e. The summed E-state index contributed by atoms with van der Waals surface area (Å²) in [4.78, 5) is 0. The van der Waals surface area contributed by atoms with Gasteiger partial charge >= 0.3 is 0 Å². The van der Waals surface area contributed by atoms with Crippen LogP contribution in [0.25, 0.3) is 10.9 Å². The number of nitrogens with zero attached hydrogens (tertiary/aromatic N) is 2. The molecule has 2 N–H and O–H groups in total. The van der Waals surface area contributed by atoms with Crippen molar-refractivity contribution in [3.63, 3.8) is 0 Å². The summed E-state index contributed by atoms with van der Waals surface area (Å²) in [5, 5.41) is 6.01. The number of fused-ring (bicyclic) bond motifs is 1. The van der Waals surface area contributed by atoms with Gasteiger partial charge in [0.1, 0.15) is 0 Å². The van der Waals surface area contributed by atoms with Crippen LogP contribution < -0.4 is 5.73 Å². The molecule has 0 aliphatic rings. The number of halogens is 1. The minimum absolute atomic E-state index is 0.626. The summed E-state index contributed by atoms with van der Waals surface area (Å²) in [5.74, 6) is 0. The number of aryl methyl sites for hydroxylation is 1. The van der Waals surface area contributed by atoms with Crippen molar-refractivity contribution in [2.24, 2.45) is 12.8 Å². The van der Waals surface area contributed by atoms with Gasteiger partial charge in [0.25, 0.3) is 0 Å². The van der Waals surface area contributed by atoms with Crippen LogP contribution in [0.5, 0.6) is 0 Å². The highest BCUT2D eigenvalue weighted by Gasteiger charge is 2.06. The Bertz CT molecular complexity index is 462. The van der Waals surface area contributed by atoms with Gasteiger partial charge in [-0.05, 0) is 30.7 Å². The monoisotopic (exact) mass is 209 g/mol. The molecule has 14 heavy (non-hydrogen) atoms. The zero-order valence-corrected chi connectivity index (χ0v) is 8.75. The Labute approximate surface area is 87.5 Å². The van der Waals surface area contributed by atoms with E-state index in [-0.39, 0.29) is 0 Å². The van der Waals surface area contributed by atoms with E-state index < -0.39 is 0 Å². The topological polar surface area (TPSA) is 43.8 Å². The lowest BCUT2D eigenvalue weighted by molar-refractivity contribution is 0.790. The average Bonchev–Trinajstić information content (AvgIpc) is 2.48. The molecule has 0 amide bonds. The van der Waals surface area contributed by atoms with Crippen molar-refractivity contribution < 1.29 is 0 Å². The molecule has 1 aromatic carbocycles. The first-order valence-corrected chi connectivity index (χ1v) is 4.90. The highest BCUT2D eigenvalue weighted by atomic mass is 35.5. The lowest BCUT2D eigenvalue weighted by Gasteiger charge is -2.04. The van der Waals surface area contributed by atoms with Gasteiger partial charge in [0.05, 0.1) is 11.7 Å². The van der Waals surface area contributed by atoms with Crippen molar-refractivity contribution >= 4 is 22.5 Å². The van der Waals surface area contributed by atoms with Crippen LogP contribution >= 0.6 is 11.6 Å². The van der Waals surface area contributed by atoms with Gasteiger partial charge in [-0.3, -0.25) is 4.68 Å². The molecule has 0 fully saturated rings. The molecule has 0 aliphatic carbocycles. The molecular formula is C10H12ClN3. The van der Waals surface area contributed by atoms with E-state index in [0.717, 1.165) is 27.9 Å². The van der Waals surface area contributed by atoms with Crippen LogP contribution in [0.15, 0.2) is 18.3 Å². The number of nitrogens with two attached hydrogens (primary N) is 1. The molecule has 74 valence electrons. The Morgan fingerprint density at radius 2 is 2.29 bits per heavy atom. The van der Waals surface area contributed by atoms with Crippen molar-refractivity contribution in [2.75, 3.05) is 6.54 Å². The van der Waals surface area contributed by atoms with Gasteiger partial charge in [-0.15, -0.1) is 0 Å². The highest BCUT2D eigenvalue weighted by Crippen LogP contribution is 2.23. The van der Waals surface area contributed by atoms with Crippen LogP contribution in [-0.2, 0) is 13.5 Å². The zero-order valence-electron chi connectivity index (χ0n) is 8.00. The number of benzene rings is 1. The maximum atomic E-state index is 5.99. The normalized spacial score (nSPS) is 11.1. The fraction of sp³-hybridized carbons (Fsp3) is 0.300. The Morgan fingerprint density at radius 1 is 1.50 bits per heavy atom. The van der Waals surface area contributed by atoms with Crippen LogP contribution in [0.1, 0.15) is 5.56 Å². The maximum absolute atomic E-state index is 5.99. The number of hydrogen-bond acceptors (Lipinski definition) is 2. The first-order valence-electron chi connectivity index (χ1n) is 4.52. The SMILES string of the molecule is Cn1ncc2cc(Cl)cc(CCN)c21. The Balaban J connectivity index is 2.70. The van der Waals surface area contributed by atoms with Crippen molar-refractivity contribution in [3.8, 4) is 0 Å².